The second kappa shape index (κ2) is 7.10. The van der Waals surface area contributed by atoms with Crippen molar-refractivity contribution in [1.29, 1.82) is 0 Å². The number of hydrogen-bond donors (Lipinski definition) is 0. The molecule has 0 amide bonds. The van der Waals surface area contributed by atoms with Crippen LogP contribution in [0.2, 0.25) is 10.0 Å². The number of para-hydroxylation sites is 1. The molecule has 0 radical (unpaired) electrons. The highest BCUT2D eigenvalue weighted by atomic mass is 35.5. The third kappa shape index (κ3) is 3.33. The zero-order chi connectivity index (χ0) is 18.1. The van der Waals surface area contributed by atoms with Crippen LogP contribution in [0.4, 0.5) is 10.1 Å². The minimum atomic E-state index is -0.299. The van der Waals surface area contributed by atoms with Crippen molar-refractivity contribution in [3.63, 3.8) is 0 Å². The van der Waals surface area contributed by atoms with E-state index in [1.807, 2.05) is 54.6 Å². The van der Waals surface area contributed by atoms with E-state index in [2.05, 4.69) is 0 Å². The van der Waals surface area contributed by atoms with Gasteiger partial charge in [0.05, 0.1) is 17.4 Å². The molecule has 0 unspecified atom stereocenters. The van der Waals surface area contributed by atoms with Gasteiger partial charge < -0.3 is 0 Å². The molecule has 2 nitrogen and oxygen atoms in total. The zero-order valence-electron chi connectivity index (χ0n) is 13.7. The molecule has 0 aromatic heterocycles. The number of rotatable bonds is 3. The molecule has 3 aromatic rings. The summed E-state index contributed by atoms with van der Waals surface area (Å²) in [5, 5.41) is 7.83. The molecule has 0 bridgehead atoms. The number of nitrogens with zero attached hydrogens (tertiary/aromatic N) is 2. The van der Waals surface area contributed by atoms with Crippen LogP contribution < -0.4 is 5.01 Å². The van der Waals surface area contributed by atoms with Gasteiger partial charge in [-0.15, -0.1) is 0 Å². The van der Waals surface area contributed by atoms with Crippen molar-refractivity contribution in [2.75, 3.05) is 5.01 Å². The SMILES string of the molecule is Fc1ccccc1N1N=C(c2ccc(Cl)cc2)C[C@H]1c1ccc(Cl)cc1. The predicted octanol–water partition coefficient (Wildman–Crippen LogP) is 6.49. The quantitative estimate of drug-likeness (QED) is 0.503. The second-order valence-electron chi connectivity index (χ2n) is 6.12. The number of hydrazone groups is 1. The maximum Gasteiger partial charge on any atom is 0.148 e. The van der Waals surface area contributed by atoms with E-state index in [0.717, 1.165) is 16.8 Å². The normalized spacial score (nSPS) is 16.7. The highest BCUT2D eigenvalue weighted by molar-refractivity contribution is 6.31. The molecule has 26 heavy (non-hydrogen) atoms. The fraction of sp³-hybridized carbons (Fsp3) is 0.0952. The molecule has 4 rings (SSSR count). The van der Waals surface area contributed by atoms with Crippen LogP contribution in [0.15, 0.2) is 77.9 Å². The van der Waals surface area contributed by atoms with E-state index in [-0.39, 0.29) is 11.9 Å². The summed E-state index contributed by atoms with van der Waals surface area (Å²) in [6, 6.07) is 21.7. The van der Waals surface area contributed by atoms with Crippen LogP contribution in [0.1, 0.15) is 23.6 Å². The van der Waals surface area contributed by atoms with Crippen molar-refractivity contribution in [3.8, 4) is 0 Å². The van der Waals surface area contributed by atoms with Gasteiger partial charge in [0, 0.05) is 16.5 Å². The summed E-state index contributed by atoms with van der Waals surface area (Å²) >= 11 is 12.0. The first kappa shape index (κ1) is 17.1. The van der Waals surface area contributed by atoms with Crippen molar-refractivity contribution in [2.45, 2.75) is 12.5 Å². The highest BCUT2D eigenvalue weighted by Crippen LogP contribution is 2.38. The topological polar surface area (TPSA) is 15.6 Å². The van der Waals surface area contributed by atoms with Crippen LogP contribution in [-0.4, -0.2) is 5.71 Å². The average molecular weight is 385 g/mol. The highest BCUT2D eigenvalue weighted by Gasteiger charge is 2.31. The van der Waals surface area contributed by atoms with E-state index in [1.54, 1.807) is 17.1 Å². The summed E-state index contributed by atoms with van der Waals surface area (Å²) in [7, 11) is 0. The van der Waals surface area contributed by atoms with E-state index in [9.17, 15) is 4.39 Å². The molecule has 3 aromatic carbocycles. The predicted molar refractivity (Wildman–Crippen MR) is 106 cm³/mol. The molecule has 1 aliphatic rings. The minimum absolute atomic E-state index is 0.102. The molecule has 0 aliphatic carbocycles. The summed E-state index contributed by atoms with van der Waals surface area (Å²) < 4.78 is 14.4. The van der Waals surface area contributed by atoms with E-state index in [0.29, 0.717) is 22.2 Å². The van der Waals surface area contributed by atoms with Crippen LogP contribution in [0.25, 0.3) is 0 Å². The summed E-state index contributed by atoms with van der Waals surface area (Å²) in [6.45, 7) is 0. The van der Waals surface area contributed by atoms with Gasteiger partial charge in [-0.25, -0.2) is 4.39 Å². The van der Waals surface area contributed by atoms with Gasteiger partial charge in [0.25, 0.3) is 0 Å². The summed E-state index contributed by atoms with van der Waals surface area (Å²) in [4.78, 5) is 0. The first-order valence-electron chi connectivity index (χ1n) is 8.24. The summed E-state index contributed by atoms with van der Waals surface area (Å²) in [5.41, 5.74) is 3.36. The van der Waals surface area contributed by atoms with Crippen molar-refractivity contribution in [3.05, 3.63) is 99.8 Å². The van der Waals surface area contributed by atoms with Gasteiger partial charge in [-0.3, -0.25) is 5.01 Å². The number of halogens is 3. The number of anilines is 1. The number of benzene rings is 3. The standard InChI is InChI=1S/C21H15Cl2FN2/c22-16-9-5-14(6-10-16)19-13-21(15-7-11-17(23)12-8-15)26(25-19)20-4-2-1-3-18(20)24/h1-12,21H,13H2/t21-/m0/s1. The third-order valence-corrected chi connectivity index (χ3v) is 4.95. The molecule has 130 valence electrons. The third-order valence-electron chi connectivity index (χ3n) is 4.44. The van der Waals surface area contributed by atoms with Gasteiger partial charge in [-0.05, 0) is 47.5 Å². The molecule has 1 aliphatic heterocycles. The fourth-order valence-corrected chi connectivity index (χ4v) is 3.38. The molecule has 1 heterocycles. The zero-order valence-corrected chi connectivity index (χ0v) is 15.3. The van der Waals surface area contributed by atoms with Gasteiger partial charge in [0.2, 0.25) is 0 Å². The molecule has 0 saturated heterocycles. The Morgan fingerprint density at radius 3 is 2.12 bits per heavy atom. The molecule has 0 saturated carbocycles. The Kier molecular flexibility index (Phi) is 4.66. The Morgan fingerprint density at radius 1 is 0.846 bits per heavy atom. The van der Waals surface area contributed by atoms with Crippen molar-refractivity contribution < 1.29 is 4.39 Å². The van der Waals surface area contributed by atoms with E-state index in [4.69, 9.17) is 28.3 Å². The lowest BCUT2D eigenvalue weighted by molar-refractivity contribution is 0.606. The maximum absolute atomic E-state index is 14.4. The van der Waals surface area contributed by atoms with Gasteiger partial charge in [0.1, 0.15) is 5.82 Å². The Bertz CT molecular complexity index is 953. The van der Waals surface area contributed by atoms with Gasteiger partial charge >= 0.3 is 0 Å². The molecular weight excluding hydrogens is 370 g/mol. The molecular formula is C21H15Cl2FN2. The van der Waals surface area contributed by atoms with Crippen LogP contribution >= 0.6 is 23.2 Å². The maximum atomic E-state index is 14.4. The van der Waals surface area contributed by atoms with Gasteiger partial charge in [-0.2, -0.15) is 5.10 Å². The van der Waals surface area contributed by atoms with Gasteiger partial charge in [0.15, 0.2) is 0 Å². The molecule has 0 N–H and O–H groups in total. The van der Waals surface area contributed by atoms with Gasteiger partial charge in [-0.1, -0.05) is 59.6 Å². The Labute approximate surface area is 161 Å². The average Bonchev–Trinajstić information content (AvgIpc) is 3.08. The molecule has 0 spiro atoms. The van der Waals surface area contributed by atoms with Crippen LogP contribution in [0.5, 0.6) is 0 Å². The molecule has 1 atom stereocenters. The number of hydrogen-bond acceptors (Lipinski definition) is 2. The lowest BCUT2D eigenvalue weighted by atomic mass is 9.98. The Balaban J connectivity index is 1.77. The van der Waals surface area contributed by atoms with Crippen molar-refractivity contribution in [1.82, 2.24) is 0 Å². The molecule has 0 fully saturated rings. The summed E-state index contributed by atoms with van der Waals surface area (Å²) in [5.74, 6) is -0.299. The van der Waals surface area contributed by atoms with E-state index >= 15 is 0 Å². The van der Waals surface area contributed by atoms with E-state index < -0.39 is 0 Å². The first-order valence-corrected chi connectivity index (χ1v) is 9.00. The lowest BCUT2D eigenvalue weighted by Gasteiger charge is -2.24. The Morgan fingerprint density at radius 2 is 1.46 bits per heavy atom. The van der Waals surface area contributed by atoms with Crippen molar-refractivity contribution in [2.24, 2.45) is 5.10 Å². The van der Waals surface area contributed by atoms with Crippen LogP contribution in [0.3, 0.4) is 0 Å². The molecule has 5 heteroatoms. The van der Waals surface area contributed by atoms with Crippen LogP contribution in [0, 0.1) is 5.82 Å². The minimum Gasteiger partial charge on any atom is -0.254 e. The Hall–Kier alpha value is -2.36. The fourth-order valence-electron chi connectivity index (χ4n) is 3.13. The van der Waals surface area contributed by atoms with E-state index in [1.165, 1.54) is 6.07 Å². The smallest absolute Gasteiger partial charge is 0.148 e. The second-order valence-corrected chi connectivity index (χ2v) is 6.99. The summed E-state index contributed by atoms with van der Waals surface area (Å²) in [6.07, 6.45) is 0.664. The van der Waals surface area contributed by atoms with Crippen LogP contribution in [-0.2, 0) is 0 Å². The first-order chi connectivity index (χ1) is 12.6. The largest absolute Gasteiger partial charge is 0.254 e. The van der Waals surface area contributed by atoms with Crippen molar-refractivity contribution >= 4 is 34.6 Å². The lowest BCUT2D eigenvalue weighted by Crippen LogP contribution is -2.19. The monoisotopic (exact) mass is 384 g/mol.